The second kappa shape index (κ2) is 7.69. The Morgan fingerprint density at radius 3 is 2.52 bits per heavy atom. The number of anilines is 1. The maximum atomic E-state index is 12.7. The van der Waals surface area contributed by atoms with Crippen LogP contribution in [0.3, 0.4) is 0 Å². The molecular formula is C17H20N2O6. The van der Waals surface area contributed by atoms with Crippen molar-refractivity contribution in [3.05, 3.63) is 29.5 Å². The number of rotatable bonds is 5. The molecule has 1 aliphatic rings. The van der Waals surface area contributed by atoms with E-state index in [0.29, 0.717) is 22.9 Å². The van der Waals surface area contributed by atoms with Gasteiger partial charge >= 0.3 is 5.97 Å². The van der Waals surface area contributed by atoms with E-state index in [-0.39, 0.29) is 17.9 Å². The van der Waals surface area contributed by atoms with Crippen LogP contribution in [0, 0.1) is 5.92 Å². The maximum absolute atomic E-state index is 12.7. The predicted molar refractivity (Wildman–Crippen MR) is 89.1 cm³/mol. The average molecular weight is 348 g/mol. The molecule has 0 bridgehead atoms. The van der Waals surface area contributed by atoms with Gasteiger partial charge in [-0.3, -0.25) is 9.59 Å². The smallest absolute Gasteiger partial charge is 0.336 e. The topological polar surface area (TPSA) is 103 Å². The maximum Gasteiger partial charge on any atom is 0.336 e. The Hall–Kier alpha value is -3.03. The molecule has 134 valence electrons. The third-order valence-corrected chi connectivity index (χ3v) is 3.86. The fourth-order valence-corrected chi connectivity index (χ4v) is 2.64. The number of ether oxygens (including phenoxy) is 3. The Labute approximate surface area is 145 Å². The van der Waals surface area contributed by atoms with Crippen LogP contribution < -0.4 is 20.1 Å². The minimum atomic E-state index is -0.961. The molecule has 0 spiro atoms. The molecule has 0 saturated heterocycles. The van der Waals surface area contributed by atoms with Crippen LogP contribution in [0.5, 0.6) is 11.5 Å². The zero-order valence-electron chi connectivity index (χ0n) is 14.5. The highest BCUT2D eigenvalue weighted by Gasteiger charge is 2.36. The van der Waals surface area contributed by atoms with Crippen molar-refractivity contribution in [2.24, 2.45) is 5.92 Å². The van der Waals surface area contributed by atoms with Gasteiger partial charge in [0.15, 0.2) is 0 Å². The molecule has 8 nitrogen and oxygen atoms in total. The molecule has 0 radical (unpaired) electrons. The summed E-state index contributed by atoms with van der Waals surface area (Å²) in [5, 5.41) is 5.24. The van der Waals surface area contributed by atoms with Crippen molar-refractivity contribution in [3.8, 4) is 11.5 Å². The van der Waals surface area contributed by atoms with E-state index in [1.807, 2.05) is 0 Å². The van der Waals surface area contributed by atoms with Gasteiger partial charge in [0.2, 0.25) is 11.8 Å². The molecule has 25 heavy (non-hydrogen) atoms. The zero-order valence-corrected chi connectivity index (χ0v) is 14.5. The summed E-state index contributed by atoms with van der Waals surface area (Å²) in [5.74, 6) is -1.52. The lowest BCUT2D eigenvalue weighted by atomic mass is 9.89. The van der Waals surface area contributed by atoms with Gasteiger partial charge in [-0.25, -0.2) is 4.79 Å². The van der Waals surface area contributed by atoms with Crippen molar-refractivity contribution in [2.75, 3.05) is 26.6 Å². The van der Waals surface area contributed by atoms with Gasteiger partial charge in [-0.15, -0.1) is 0 Å². The molecule has 2 amide bonds. The van der Waals surface area contributed by atoms with E-state index in [2.05, 4.69) is 10.6 Å². The van der Waals surface area contributed by atoms with Gasteiger partial charge in [-0.2, -0.15) is 0 Å². The van der Waals surface area contributed by atoms with Crippen LogP contribution in [0.25, 0.3) is 0 Å². The number of amides is 2. The Bertz CT molecular complexity index is 741. The van der Waals surface area contributed by atoms with Gasteiger partial charge in [-0.1, -0.05) is 0 Å². The summed E-state index contributed by atoms with van der Waals surface area (Å²) in [6, 6.07) is 4.92. The Balaban J connectivity index is 2.34. The molecule has 0 aliphatic carbocycles. The molecule has 1 aromatic carbocycles. The number of allylic oxidation sites excluding steroid dienone is 1. The Morgan fingerprint density at radius 2 is 1.92 bits per heavy atom. The monoisotopic (exact) mass is 348 g/mol. The summed E-state index contributed by atoms with van der Waals surface area (Å²) in [6.07, 6.45) is -0.153. The molecule has 2 rings (SSSR count). The average Bonchev–Trinajstić information content (AvgIpc) is 2.60. The van der Waals surface area contributed by atoms with E-state index in [9.17, 15) is 14.4 Å². The van der Waals surface area contributed by atoms with Crippen molar-refractivity contribution >= 4 is 23.5 Å². The van der Waals surface area contributed by atoms with Crippen molar-refractivity contribution in [1.82, 2.24) is 5.32 Å². The van der Waals surface area contributed by atoms with E-state index in [1.54, 1.807) is 25.1 Å². The molecule has 1 aliphatic heterocycles. The number of methoxy groups -OCH3 is 3. The summed E-state index contributed by atoms with van der Waals surface area (Å²) in [6.45, 7) is 1.55. The van der Waals surface area contributed by atoms with E-state index in [4.69, 9.17) is 14.2 Å². The van der Waals surface area contributed by atoms with Crippen molar-refractivity contribution in [3.63, 3.8) is 0 Å². The largest absolute Gasteiger partial charge is 0.497 e. The molecule has 2 N–H and O–H groups in total. The summed E-state index contributed by atoms with van der Waals surface area (Å²) in [7, 11) is 4.19. The second-order valence-corrected chi connectivity index (χ2v) is 5.39. The first-order valence-corrected chi connectivity index (χ1v) is 7.53. The van der Waals surface area contributed by atoms with Crippen LogP contribution in [-0.4, -0.2) is 39.1 Å². The van der Waals surface area contributed by atoms with Crippen LogP contribution in [0.1, 0.15) is 13.3 Å². The minimum Gasteiger partial charge on any atom is -0.497 e. The number of carbonyl (C=O) groups is 3. The van der Waals surface area contributed by atoms with Gasteiger partial charge in [0.1, 0.15) is 11.5 Å². The third kappa shape index (κ3) is 3.90. The van der Waals surface area contributed by atoms with Crippen molar-refractivity contribution in [1.29, 1.82) is 0 Å². The van der Waals surface area contributed by atoms with Gasteiger partial charge in [-0.05, 0) is 19.1 Å². The van der Waals surface area contributed by atoms with Crippen LogP contribution in [0.15, 0.2) is 29.5 Å². The summed E-state index contributed by atoms with van der Waals surface area (Å²) in [5.41, 5.74) is 0.807. The van der Waals surface area contributed by atoms with Crippen LogP contribution in [0.2, 0.25) is 0 Å². The first kappa shape index (κ1) is 18.3. The standard InChI is InChI=1S/C17H20N2O6/c1-9-15(17(22)25-4)11(8-14(20)18-9)16(21)19-12-7-10(23-2)5-6-13(12)24-3/h5-7,11H,8H2,1-4H3,(H,18,20)(H,19,21). The fraction of sp³-hybridized carbons (Fsp3) is 0.353. The van der Waals surface area contributed by atoms with Gasteiger partial charge in [0, 0.05) is 18.2 Å². The highest BCUT2D eigenvalue weighted by atomic mass is 16.5. The van der Waals surface area contributed by atoms with Crippen molar-refractivity contribution < 1.29 is 28.6 Å². The summed E-state index contributed by atoms with van der Waals surface area (Å²) < 4.78 is 15.1. The number of nitrogens with one attached hydrogen (secondary N) is 2. The molecule has 1 aromatic rings. The van der Waals surface area contributed by atoms with Gasteiger partial charge in [0.05, 0.1) is 38.5 Å². The molecule has 1 atom stereocenters. The number of hydrogen-bond donors (Lipinski definition) is 2. The SMILES string of the molecule is COC(=O)C1=C(C)NC(=O)CC1C(=O)Nc1cc(OC)ccc1OC. The first-order valence-electron chi connectivity index (χ1n) is 7.53. The highest BCUT2D eigenvalue weighted by molar-refractivity contribution is 6.06. The third-order valence-electron chi connectivity index (χ3n) is 3.86. The number of hydrogen-bond acceptors (Lipinski definition) is 6. The fourth-order valence-electron chi connectivity index (χ4n) is 2.64. The summed E-state index contributed by atoms with van der Waals surface area (Å²) >= 11 is 0. The molecule has 8 heteroatoms. The lowest BCUT2D eigenvalue weighted by Crippen LogP contribution is -2.40. The van der Waals surface area contributed by atoms with Gasteiger partial charge < -0.3 is 24.8 Å². The lowest BCUT2D eigenvalue weighted by Gasteiger charge is -2.25. The Morgan fingerprint density at radius 1 is 1.20 bits per heavy atom. The van der Waals surface area contributed by atoms with E-state index >= 15 is 0 Å². The van der Waals surface area contributed by atoms with Crippen molar-refractivity contribution in [2.45, 2.75) is 13.3 Å². The Kier molecular flexibility index (Phi) is 5.63. The normalized spacial score (nSPS) is 16.8. The van der Waals surface area contributed by atoms with Crippen LogP contribution >= 0.6 is 0 Å². The van der Waals surface area contributed by atoms with E-state index in [0.717, 1.165) is 0 Å². The number of benzene rings is 1. The van der Waals surface area contributed by atoms with E-state index in [1.165, 1.54) is 21.3 Å². The zero-order chi connectivity index (χ0) is 18.6. The number of carbonyl (C=O) groups excluding carboxylic acids is 3. The quantitative estimate of drug-likeness (QED) is 0.776. The molecular weight excluding hydrogens is 328 g/mol. The molecule has 0 fully saturated rings. The lowest BCUT2D eigenvalue weighted by molar-refractivity contribution is -0.139. The predicted octanol–water partition coefficient (Wildman–Crippen LogP) is 1.23. The molecule has 0 aromatic heterocycles. The van der Waals surface area contributed by atoms with Crippen LogP contribution in [0.4, 0.5) is 5.69 Å². The molecule has 1 heterocycles. The van der Waals surface area contributed by atoms with Gasteiger partial charge in [0.25, 0.3) is 0 Å². The van der Waals surface area contributed by atoms with E-state index < -0.39 is 17.8 Å². The minimum absolute atomic E-state index is 0.126. The first-order chi connectivity index (χ1) is 11.9. The second-order valence-electron chi connectivity index (χ2n) is 5.39. The van der Waals surface area contributed by atoms with Crippen LogP contribution in [-0.2, 0) is 19.1 Å². The molecule has 1 unspecified atom stereocenters. The summed E-state index contributed by atoms with van der Waals surface area (Å²) in [4.78, 5) is 36.5. The highest BCUT2D eigenvalue weighted by Crippen LogP contribution is 2.31. The molecule has 0 saturated carbocycles. The number of esters is 1.